The van der Waals surface area contributed by atoms with Gasteiger partial charge in [0.25, 0.3) is 0 Å². The predicted molar refractivity (Wildman–Crippen MR) is 102 cm³/mol. The molecule has 0 aliphatic rings. The number of para-hydroxylation sites is 1. The molecule has 2 aromatic heterocycles. The lowest BCUT2D eigenvalue weighted by Gasteiger charge is -2.14. The van der Waals surface area contributed by atoms with Gasteiger partial charge in [-0.05, 0) is 24.3 Å². The Morgan fingerprint density at radius 2 is 2.08 bits per heavy atom. The summed E-state index contributed by atoms with van der Waals surface area (Å²) < 4.78 is 2.06. The molecule has 0 atom stereocenters. The Morgan fingerprint density at radius 3 is 2.85 bits per heavy atom. The van der Waals surface area contributed by atoms with E-state index in [2.05, 4.69) is 15.6 Å². The van der Waals surface area contributed by atoms with Crippen molar-refractivity contribution in [1.29, 1.82) is 5.26 Å². The molecule has 0 saturated heterocycles. The molecule has 26 heavy (non-hydrogen) atoms. The molecular weight excluding hydrogens is 324 g/mol. The van der Waals surface area contributed by atoms with Crippen molar-refractivity contribution in [3.8, 4) is 6.07 Å². The van der Waals surface area contributed by atoms with E-state index in [0.717, 1.165) is 22.2 Å². The maximum Gasteiger partial charge on any atom is 0.246 e. The molecule has 1 aromatic carbocycles. The summed E-state index contributed by atoms with van der Waals surface area (Å²) >= 11 is 0. The summed E-state index contributed by atoms with van der Waals surface area (Å²) in [6.45, 7) is 1.10. The maximum atomic E-state index is 12.4. The van der Waals surface area contributed by atoms with Gasteiger partial charge in [0.2, 0.25) is 5.91 Å². The smallest absolute Gasteiger partial charge is 0.246 e. The molecule has 0 N–H and O–H groups in total. The highest BCUT2D eigenvalue weighted by atomic mass is 16.2. The average Bonchev–Trinajstić information content (AvgIpc) is 3.03. The lowest BCUT2D eigenvalue weighted by atomic mass is 10.1. The van der Waals surface area contributed by atoms with E-state index >= 15 is 0 Å². The van der Waals surface area contributed by atoms with Crippen molar-refractivity contribution in [2.45, 2.75) is 19.5 Å². The molecule has 1 amide bonds. The second-order valence-electron chi connectivity index (χ2n) is 6.05. The Labute approximate surface area is 152 Å². The van der Waals surface area contributed by atoms with Crippen LogP contribution in [0.15, 0.2) is 60.9 Å². The number of carbonyl (C=O) groups excluding carboxylic acids is 1. The second kappa shape index (κ2) is 8.13. The van der Waals surface area contributed by atoms with E-state index in [4.69, 9.17) is 5.26 Å². The first-order chi connectivity index (χ1) is 12.7. The fourth-order valence-corrected chi connectivity index (χ4v) is 2.86. The van der Waals surface area contributed by atoms with Crippen molar-refractivity contribution in [3.05, 3.63) is 72.2 Å². The van der Waals surface area contributed by atoms with Crippen LogP contribution in [0.5, 0.6) is 0 Å². The standard InChI is InChI=1S/C21H20N4O/c1-24(16-18-7-4-5-13-23-18)21(26)11-10-17-15-25(14-6-12-22)20-9-3-2-8-19(17)20/h2-5,7-11,13,15H,6,14,16H2,1H3/b11-10+. The van der Waals surface area contributed by atoms with E-state index in [1.165, 1.54) is 0 Å². The van der Waals surface area contributed by atoms with Crippen molar-refractivity contribution in [1.82, 2.24) is 14.5 Å². The zero-order valence-corrected chi connectivity index (χ0v) is 14.7. The molecule has 0 fully saturated rings. The van der Waals surface area contributed by atoms with Gasteiger partial charge in [-0.1, -0.05) is 24.3 Å². The highest BCUT2D eigenvalue weighted by Gasteiger charge is 2.09. The summed E-state index contributed by atoms with van der Waals surface area (Å²) in [7, 11) is 1.76. The minimum atomic E-state index is -0.0792. The van der Waals surface area contributed by atoms with E-state index in [9.17, 15) is 4.79 Å². The zero-order chi connectivity index (χ0) is 18.4. The van der Waals surface area contributed by atoms with E-state index in [1.54, 1.807) is 24.2 Å². The number of likely N-dealkylation sites (N-methyl/N-ethyl adjacent to an activating group) is 1. The highest BCUT2D eigenvalue weighted by molar-refractivity contribution is 5.96. The summed E-state index contributed by atoms with van der Waals surface area (Å²) in [5.74, 6) is -0.0792. The number of amides is 1. The van der Waals surface area contributed by atoms with Crippen molar-refractivity contribution in [2.24, 2.45) is 0 Å². The number of aromatic nitrogens is 2. The second-order valence-corrected chi connectivity index (χ2v) is 6.05. The number of nitrogens with zero attached hydrogens (tertiary/aromatic N) is 4. The van der Waals surface area contributed by atoms with Gasteiger partial charge >= 0.3 is 0 Å². The van der Waals surface area contributed by atoms with Crippen LogP contribution in [0.2, 0.25) is 0 Å². The van der Waals surface area contributed by atoms with Gasteiger partial charge in [0.15, 0.2) is 0 Å². The van der Waals surface area contributed by atoms with Crippen molar-refractivity contribution < 1.29 is 4.79 Å². The normalized spacial score (nSPS) is 10.9. The van der Waals surface area contributed by atoms with Crippen LogP contribution in [0.3, 0.4) is 0 Å². The van der Waals surface area contributed by atoms with Crippen LogP contribution in [0.25, 0.3) is 17.0 Å². The lowest BCUT2D eigenvalue weighted by Crippen LogP contribution is -2.24. The molecule has 0 spiro atoms. The van der Waals surface area contributed by atoms with Crippen LogP contribution in [0, 0.1) is 11.3 Å². The maximum absolute atomic E-state index is 12.4. The van der Waals surface area contributed by atoms with Crippen LogP contribution in [0.4, 0.5) is 0 Å². The Hall–Kier alpha value is -3.39. The van der Waals surface area contributed by atoms with Gasteiger partial charge in [-0.2, -0.15) is 5.26 Å². The monoisotopic (exact) mass is 344 g/mol. The van der Waals surface area contributed by atoms with E-state index in [0.29, 0.717) is 19.5 Å². The number of pyridine rings is 1. The highest BCUT2D eigenvalue weighted by Crippen LogP contribution is 2.23. The topological polar surface area (TPSA) is 61.9 Å². The van der Waals surface area contributed by atoms with Crippen molar-refractivity contribution in [2.75, 3.05) is 7.05 Å². The third-order valence-electron chi connectivity index (χ3n) is 4.19. The van der Waals surface area contributed by atoms with Gasteiger partial charge in [-0.3, -0.25) is 9.78 Å². The first kappa shape index (κ1) is 17.4. The first-order valence-electron chi connectivity index (χ1n) is 8.47. The molecule has 0 saturated carbocycles. The number of hydrogen-bond donors (Lipinski definition) is 0. The van der Waals surface area contributed by atoms with Crippen LogP contribution < -0.4 is 0 Å². The Kier molecular flexibility index (Phi) is 5.45. The van der Waals surface area contributed by atoms with Gasteiger partial charge in [0.1, 0.15) is 0 Å². The minimum Gasteiger partial charge on any atom is -0.346 e. The fourth-order valence-electron chi connectivity index (χ4n) is 2.86. The number of rotatable bonds is 6. The summed E-state index contributed by atoms with van der Waals surface area (Å²) in [5.41, 5.74) is 2.89. The molecule has 0 aliphatic carbocycles. The molecule has 2 heterocycles. The van der Waals surface area contributed by atoms with Gasteiger partial charge in [0.05, 0.1) is 24.7 Å². The van der Waals surface area contributed by atoms with E-state index < -0.39 is 0 Å². The minimum absolute atomic E-state index is 0.0792. The number of nitriles is 1. The molecule has 3 aromatic rings. The average molecular weight is 344 g/mol. The Bertz CT molecular complexity index is 967. The first-order valence-corrected chi connectivity index (χ1v) is 8.47. The molecule has 130 valence electrons. The number of benzene rings is 1. The summed E-state index contributed by atoms with van der Waals surface area (Å²) in [4.78, 5) is 18.3. The number of carbonyl (C=O) groups is 1. The van der Waals surface area contributed by atoms with Gasteiger partial charge in [-0.25, -0.2) is 0 Å². The number of hydrogen-bond acceptors (Lipinski definition) is 3. The van der Waals surface area contributed by atoms with Crippen LogP contribution >= 0.6 is 0 Å². The van der Waals surface area contributed by atoms with Crippen molar-refractivity contribution >= 4 is 22.9 Å². The molecule has 3 rings (SSSR count). The number of fused-ring (bicyclic) bond motifs is 1. The van der Waals surface area contributed by atoms with Crippen LogP contribution in [-0.2, 0) is 17.9 Å². The summed E-state index contributed by atoms with van der Waals surface area (Å²) in [6, 6.07) is 15.8. The Balaban J connectivity index is 1.77. The Morgan fingerprint density at radius 1 is 1.27 bits per heavy atom. The molecule has 0 aliphatic heterocycles. The quantitative estimate of drug-likeness (QED) is 0.642. The lowest BCUT2D eigenvalue weighted by molar-refractivity contribution is -0.125. The van der Waals surface area contributed by atoms with Crippen molar-refractivity contribution in [3.63, 3.8) is 0 Å². The van der Waals surface area contributed by atoms with E-state index in [1.807, 2.05) is 54.7 Å². The van der Waals surface area contributed by atoms with Gasteiger partial charge < -0.3 is 9.47 Å². The fraction of sp³-hybridized carbons (Fsp3) is 0.190. The molecule has 5 nitrogen and oxygen atoms in total. The van der Waals surface area contributed by atoms with E-state index in [-0.39, 0.29) is 5.91 Å². The number of aryl methyl sites for hydroxylation is 1. The summed E-state index contributed by atoms with van der Waals surface area (Å²) in [5, 5.41) is 9.90. The molecule has 5 heteroatoms. The third-order valence-corrected chi connectivity index (χ3v) is 4.19. The van der Waals surface area contributed by atoms with Gasteiger partial charge in [0, 0.05) is 48.5 Å². The SMILES string of the molecule is CN(Cc1ccccn1)C(=O)/C=C/c1cn(CCC#N)c2ccccc12. The third kappa shape index (κ3) is 3.98. The van der Waals surface area contributed by atoms with Gasteiger partial charge in [-0.15, -0.1) is 0 Å². The molecular formula is C21H20N4O. The molecule has 0 unspecified atom stereocenters. The largest absolute Gasteiger partial charge is 0.346 e. The summed E-state index contributed by atoms with van der Waals surface area (Å²) in [6.07, 6.45) is 7.58. The predicted octanol–water partition coefficient (Wildman–Crippen LogP) is 3.62. The zero-order valence-electron chi connectivity index (χ0n) is 14.7. The molecule has 0 radical (unpaired) electrons. The van der Waals surface area contributed by atoms with Crippen LogP contribution in [-0.4, -0.2) is 27.4 Å². The van der Waals surface area contributed by atoms with Crippen LogP contribution in [0.1, 0.15) is 17.7 Å². The molecule has 0 bridgehead atoms.